The summed E-state index contributed by atoms with van der Waals surface area (Å²) < 4.78 is 0.991. The van der Waals surface area contributed by atoms with E-state index in [4.69, 9.17) is 0 Å². The first-order chi connectivity index (χ1) is 11.2. The number of hydrogen-bond donors (Lipinski definition) is 1. The van der Waals surface area contributed by atoms with Gasteiger partial charge in [0.1, 0.15) is 0 Å². The van der Waals surface area contributed by atoms with Crippen LogP contribution in [0.4, 0.5) is 10.8 Å². The van der Waals surface area contributed by atoms with Gasteiger partial charge in [0.15, 0.2) is 4.34 Å². The monoisotopic (exact) mass is 342 g/mol. The average molecular weight is 342 g/mol. The van der Waals surface area contributed by atoms with Gasteiger partial charge in [-0.05, 0) is 61.2 Å². The summed E-state index contributed by atoms with van der Waals surface area (Å²) in [6.45, 7) is 4.22. The number of hydrogen-bond acceptors (Lipinski definition) is 6. The molecule has 0 bridgehead atoms. The van der Waals surface area contributed by atoms with Gasteiger partial charge in [-0.3, -0.25) is 4.98 Å². The van der Waals surface area contributed by atoms with E-state index in [0.717, 1.165) is 27.3 Å². The Bertz CT molecular complexity index is 771. The fraction of sp³-hybridized carbons (Fsp3) is 0.235. The maximum absolute atomic E-state index is 4.24. The van der Waals surface area contributed by atoms with Crippen LogP contribution < -0.4 is 5.32 Å². The van der Waals surface area contributed by atoms with Crippen molar-refractivity contribution >= 4 is 33.9 Å². The quantitative estimate of drug-likeness (QED) is 0.662. The molecule has 0 saturated heterocycles. The lowest BCUT2D eigenvalue weighted by Gasteiger charge is -2.05. The molecule has 4 nitrogen and oxygen atoms in total. The Labute approximate surface area is 144 Å². The van der Waals surface area contributed by atoms with E-state index in [9.17, 15) is 0 Å². The van der Waals surface area contributed by atoms with Crippen LogP contribution in [0.1, 0.15) is 16.7 Å². The third-order valence-corrected chi connectivity index (χ3v) is 5.50. The van der Waals surface area contributed by atoms with E-state index >= 15 is 0 Å². The predicted octanol–water partition coefficient (Wildman–Crippen LogP) is 4.63. The molecule has 0 aliphatic rings. The Hall–Kier alpha value is -1.92. The molecular weight excluding hydrogens is 324 g/mol. The third kappa shape index (κ3) is 4.53. The first-order valence-corrected chi connectivity index (χ1v) is 9.20. The molecule has 0 aliphatic carbocycles. The Balaban J connectivity index is 1.54. The molecule has 0 amide bonds. The van der Waals surface area contributed by atoms with Crippen molar-refractivity contribution in [3.63, 3.8) is 0 Å². The molecule has 2 aromatic heterocycles. The van der Waals surface area contributed by atoms with Crippen molar-refractivity contribution in [3.05, 3.63) is 59.4 Å². The van der Waals surface area contributed by atoms with Gasteiger partial charge < -0.3 is 5.32 Å². The fourth-order valence-corrected chi connectivity index (χ4v) is 3.90. The van der Waals surface area contributed by atoms with E-state index in [1.807, 2.05) is 24.5 Å². The lowest BCUT2D eigenvalue weighted by Crippen LogP contribution is -1.91. The molecule has 118 valence electrons. The van der Waals surface area contributed by atoms with Crippen LogP contribution in [0.2, 0.25) is 0 Å². The fourth-order valence-electron chi connectivity index (χ4n) is 2.07. The van der Waals surface area contributed by atoms with Crippen molar-refractivity contribution in [1.82, 2.24) is 15.2 Å². The molecule has 2 heterocycles. The van der Waals surface area contributed by atoms with Crippen LogP contribution in [0, 0.1) is 13.8 Å². The summed E-state index contributed by atoms with van der Waals surface area (Å²) in [6.07, 6.45) is 4.67. The Morgan fingerprint density at radius 3 is 2.65 bits per heavy atom. The number of benzene rings is 1. The summed E-state index contributed by atoms with van der Waals surface area (Å²) in [5, 5.41) is 12.6. The SMILES string of the molecule is Cc1ccc(Nc2nnc(SCCc3ccncc3)s2)cc1C. The molecule has 3 aromatic rings. The average Bonchev–Trinajstić information content (AvgIpc) is 2.99. The van der Waals surface area contributed by atoms with Crippen molar-refractivity contribution in [2.75, 3.05) is 11.1 Å². The molecule has 23 heavy (non-hydrogen) atoms. The Morgan fingerprint density at radius 2 is 1.87 bits per heavy atom. The first-order valence-electron chi connectivity index (χ1n) is 7.40. The van der Waals surface area contributed by atoms with Crippen LogP contribution >= 0.6 is 23.1 Å². The number of anilines is 2. The molecule has 0 radical (unpaired) electrons. The molecule has 1 N–H and O–H groups in total. The van der Waals surface area contributed by atoms with Crippen LogP contribution in [0.15, 0.2) is 47.1 Å². The summed E-state index contributed by atoms with van der Waals surface area (Å²) in [5.74, 6) is 0.988. The molecule has 0 fully saturated rings. The highest BCUT2D eigenvalue weighted by atomic mass is 32.2. The zero-order chi connectivity index (χ0) is 16.1. The third-order valence-electron chi connectivity index (χ3n) is 3.53. The van der Waals surface area contributed by atoms with Gasteiger partial charge in [-0.1, -0.05) is 29.2 Å². The van der Waals surface area contributed by atoms with Gasteiger partial charge in [0.05, 0.1) is 0 Å². The highest BCUT2D eigenvalue weighted by molar-refractivity contribution is 8.01. The second kappa shape index (κ2) is 7.57. The number of thioether (sulfide) groups is 1. The van der Waals surface area contributed by atoms with E-state index in [-0.39, 0.29) is 0 Å². The topological polar surface area (TPSA) is 50.7 Å². The maximum Gasteiger partial charge on any atom is 0.210 e. The zero-order valence-electron chi connectivity index (χ0n) is 13.1. The van der Waals surface area contributed by atoms with Gasteiger partial charge in [-0.15, -0.1) is 10.2 Å². The molecule has 0 spiro atoms. The summed E-state index contributed by atoms with van der Waals surface area (Å²) >= 11 is 3.33. The summed E-state index contributed by atoms with van der Waals surface area (Å²) in [5.41, 5.74) is 4.91. The lowest BCUT2D eigenvalue weighted by atomic mass is 10.1. The van der Waals surface area contributed by atoms with E-state index in [1.54, 1.807) is 23.1 Å². The van der Waals surface area contributed by atoms with Crippen molar-refractivity contribution < 1.29 is 0 Å². The highest BCUT2D eigenvalue weighted by Gasteiger charge is 2.06. The number of aromatic nitrogens is 3. The molecule has 0 saturated carbocycles. The minimum Gasteiger partial charge on any atom is -0.330 e. The highest BCUT2D eigenvalue weighted by Crippen LogP contribution is 2.28. The van der Waals surface area contributed by atoms with Gasteiger partial charge in [-0.2, -0.15) is 0 Å². The molecule has 6 heteroatoms. The van der Waals surface area contributed by atoms with Gasteiger partial charge in [0, 0.05) is 23.8 Å². The molecule has 0 atom stereocenters. The number of pyridine rings is 1. The van der Waals surface area contributed by atoms with Gasteiger partial charge in [-0.25, -0.2) is 0 Å². The number of rotatable bonds is 6. The Morgan fingerprint density at radius 1 is 1.04 bits per heavy atom. The van der Waals surface area contributed by atoms with E-state index in [1.165, 1.54) is 16.7 Å². The number of nitrogens with one attached hydrogen (secondary N) is 1. The summed E-state index contributed by atoms with van der Waals surface area (Å²) in [7, 11) is 0. The minimum atomic E-state index is 0.833. The normalized spacial score (nSPS) is 10.7. The standard InChI is InChI=1S/C17H18N4S2/c1-12-3-4-15(11-13(12)2)19-16-20-21-17(23-16)22-10-7-14-5-8-18-9-6-14/h3-6,8-9,11H,7,10H2,1-2H3,(H,19,20). The zero-order valence-corrected chi connectivity index (χ0v) is 14.7. The Kier molecular flexibility index (Phi) is 5.25. The second-order valence-corrected chi connectivity index (χ2v) is 7.57. The smallest absolute Gasteiger partial charge is 0.210 e. The van der Waals surface area contributed by atoms with Crippen molar-refractivity contribution in [3.8, 4) is 0 Å². The summed E-state index contributed by atoms with van der Waals surface area (Å²) in [4.78, 5) is 4.03. The molecule has 3 rings (SSSR count). The summed E-state index contributed by atoms with van der Waals surface area (Å²) in [6, 6.07) is 10.4. The second-order valence-electron chi connectivity index (χ2n) is 5.25. The van der Waals surface area contributed by atoms with Crippen molar-refractivity contribution in [2.45, 2.75) is 24.6 Å². The van der Waals surface area contributed by atoms with Gasteiger partial charge in [0.25, 0.3) is 0 Å². The van der Waals surface area contributed by atoms with E-state index in [0.29, 0.717) is 0 Å². The van der Waals surface area contributed by atoms with Crippen LogP contribution in [0.25, 0.3) is 0 Å². The van der Waals surface area contributed by atoms with Gasteiger partial charge in [0.2, 0.25) is 5.13 Å². The van der Waals surface area contributed by atoms with Crippen LogP contribution in [0.5, 0.6) is 0 Å². The van der Waals surface area contributed by atoms with Crippen LogP contribution in [-0.4, -0.2) is 20.9 Å². The lowest BCUT2D eigenvalue weighted by molar-refractivity contribution is 1.01. The van der Waals surface area contributed by atoms with Crippen LogP contribution in [-0.2, 0) is 6.42 Å². The maximum atomic E-state index is 4.24. The first kappa shape index (κ1) is 16.0. The number of aryl methyl sites for hydroxylation is 3. The van der Waals surface area contributed by atoms with E-state index < -0.39 is 0 Å². The largest absolute Gasteiger partial charge is 0.330 e. The minimum absolute atomic E-state index is 0.833. The predicted molar refractivity (Wildman–Crippen MR) is 97.8 cm³/mol. The molecule has 1 aromatic carbocycles. The number of nitrogens with zero attached hydrogens (tertiary/aromatic N) is 3. The van der Waals surface area contributed by atoms with Crippen molar-refractivity contribution in [2.24, 2.45) is 0 Å². The molecule has 0 aliphatic heterocycles. The van der Waals surface area contributed by atoms with E-state index in [2.05, 4.69) is 52.5 Å². The molecule has 0 unspecified atom stereocenters. The van der Waals surface area contributed by atoms with Crippen LogP contribution in [0.3, 0.4) is 0 Å². The van der Waals surface area contributed by atoms with Gasteiger partial charge >= 0.3 is 0 Å². The molecular formula is C17H18N4S2. The van der Waals surface area contributed by atoms with Crippen molar-refractivity contribution in [1.29, 1.82) is 0 Å².